The summed E-state index contributed by atoms with van der Waals surface area (Å²) in [5.74, 6) is 0. The molecule has 0 rings (SSSR count). The Kier molecular flexibility index (Phi) is 5.44. The van der Waals surface area contributed by atoms with Gasteiger partial charge in [-0.15, -0.1) is 24.4 Å². The van der Waals surface area contributed by atoms with Gasteiger partial charge in [0, 0.05) is 0 Å². The van der Waals surface area contributed by atoms with Gasteiger partial charge in [0.15, 0.2) is 0 Å². The van der Waals surface area contributed by atoms with Crippen molar-refractivity contribution in [3.8, 4) is 0 Å². The summed E-state index contributed by atoms with van der Waals surface area (Å²) in [5.41, 5.74) is 0. The molecule has 2 heteroatoms. The van der Waals surface area contributed by atoms with E-state index in [-0.39, 0.29) is 0 Å². The molecule has 0 unspecified atom stereocenters. The van der Waals surface area contributed by atoms with Crippen LogP contribution in [0.1, 0.15) is 6.92 Å². The number of hydrogen-bond acceptors (Lipinski definition) is 2. The van der Waals surface area contributed by atoms with E-state index < -0.39 is 0 Å². The van der Waals surface area contributed by atoms with Crippen LogP contribution in [0.15, 0.2) is 22.5 Å². The van der Waals surface area contributed by atoms with Crippen LogP contribution in [0.5, 0.6) is 0 Å². The number of hydrogen-bond donors (Lipinski definition) is 1. The van der Waals surface area contributed by atoms with Crippen LogP contribution >= 0.6 is 24.4 Å². The number of allylic oxidation sites excluding steroid dienone is 3. The topological polar surface area (TPSA) is 0 Å². The van der Waals surface area contributed by atoms with Gasteiger partial charge in [0.05, 0.1) is 0 Å². The van der Waals surface area contributed by atoms with E-state index in [4.69, 9.17) is 0 Å². The highest BCUT2D eigenvalue weighted by Gasteiger charge is 1.68. The molecular formula is C6H10S2. The summed E-state index contributed by atoms with van der Waals surface area (Å²) in [6.07, 6.45) is 5.96. The zero-order valence-electron chi connectivity index (χ0n) is 5.09. The average Bonchev–Trinajstić information content (AvgIpc) is 1.66. The van der Waals surface area contributed by atoms with Gasteiger partial charge in [-0.25, -0.2) is 0 Å². The second-order valence-electron chi connectivity index (χ2n) is 1.37. The third-order valence-corrected chi connectivity index (χ3v) is 1.13. The third kappa shape index (κ3) is 6.18. The van der Waals surface area contributed by atoms with E-state index in [0.717, 1.165) is 4.91 Å². The molecule has 0 aromatic carbocycles. The van der Waals surface area contributed by atoms with Crippen molar-refractivity contribution in [2.24, 2.45) is 0 Å². The Bertz CT molecular complexity index is 99.1. The molecule has 0 aliphatic rings. The molecule has 0 aliphatic carbocycles. The van der Waals surface area contributed by atoms with Crippen molar-refractivity contribution in [1.29, 1.82) is 0 Å². The van der Waals surface area contributed by atoms with Gasteiger partial charge in [0.1, 0.15) is 0 Å². The fraction of sp³-hybridized carbons (Fsp3) is 0.333. The first-order valence-corrected chi connectivity index (χ1v) is 4.06. The third-order valence-electron chi connectivity index (χ3n) is 0.552. The molecule has 0 radical (unpaired) electrons. The quantitative estimate of drug-likeness (QED) is 0.461. The minimum atomic E-state index is 1.04. The lowest BCUT2D eigenvalue weighted by atomic mass is 10.5. The standard InChI is InChI=1S/C6H10S2/c1-6(7)4-3-5-8-2/h3-5,7H,1-2H3/b5-3-,6-4+. The fourth-order valence-corrected chi connectivity index (χ4v) is 0.579. The highest BCUT2D eigenvalue weighted by Crippen LogP contribution is 1.99. The molecular weight excluding hydrogens is 136 g/mol. The molecule has 0 atom stereocenters. The Morgan fingerprint density at radius 1 is 1.62 bits per heavy atom. The highest BCUT2D eigenvalue weighted by atomic mass is 32.2. The van der Waals surface area contributed by atoms with Crippen LogP contribution in [0.3, 0.4) is 0 Å². The second-order valence-corrected chi connectivity index (χ2v) is 2.82. The summed E-state index contributed by atoms with van der Waals surface area (Å²) >= 11 is 5.76. The van der Waals surface area contributed by atoms with Crippen LogP contribution in [0.2, 0.25) is 0 Å². The molecule has 0 fully saturated rings. The Morgan fingerprint density at radius 2 is 2.25 bits per heavy atom. The molecule has 46 valence electrons. The normalized spacial score (nSPS) is 13.1. The second kappa shape index (κ2) is 5.32. The van der Waals surface area contributed by atoms with Gasteiger partial charge >= 0.3 is 0 Å². The average molecular weight is 146 g/mol. The van der Waals surface area contributed by atoms with Crippen molar-refractivity contribution in [3.05, 3.63) is 22.5 Å². The molecule has 0 saturated heterocycles. The van der Waals surface area contributed by atoms with Crippen molar-refractivity contribution in [2.45, 2.75) is 6.92 Å². The maximum atomic E-state index is 4.07. The van der Waals surface area contributed by atoms with Gasteiger partial charge < -0.3 is 0 Å². The van der Waals surface area contributed by atoms with E-state index in [0.29, 0.717) is 0 Å². The van der Waals surface area contributed by atoms with Crippen LogP contribution in [0.4, 0.5) is 0 Å². The molecule has 0 aliphatic heterocycles. The Labute approximate surface area is 60.5 Å². The first-order chi connectivity index (χ1) is 3.77. The summed E-state index contributed by atoms with van der Waals surface area (Å²) in [6, 6.07) is 0. The Balaban J connectivity index is 3.42. The lowest BCUT2D eigenvalue weighted by molar-refractivity contribution is 1.69. The first kappa shape index (κ1) is 8.18. The largest absolute Gasteiger partial charge is 0.148 e. The zero-order valence-corrected chi connectivity index (χ0v) is 6.80. The van der Waals surface area contributed by atoms with Gasteiger partial charge in [0.2, 0.25) is 0 Å². The SMILES string of the molecule is CS/C=C\C=C(/C)S. The smallest absolute Gasteiger partial charge is 0.0142 e. The van der Waals surface area contributed by atoms with E-state index >= 15 is 0 Å². The molecule has 0 N–H and O–H groups in total. The monoisotopic (exact) mass is 146 g/mol. The van der Waals surface area contributed by atoms with Crippen LogP contribution in [0, 0.1) is 0 Å². The molecule has 0 amide bonds. The minimum absolute atomic E-state index is 1.04. The van der Waals surface area contributed by atoms with Crippen molar-refractivity contribution in [2.75, 3.05) is 6.26 Å². The summed E-state index contributed by atoms with van der Waals surface area (Å²) < 4.78 is 0. The van der Waals surface area contributed by atoms with E-state index in [2.05, 4.69) is 12.6 Å². The van der Waals surface area contributed by atoms with Gasteiger partial charge in [-0.2, -0.15) is 0 Å². The van der Waals surface area contributed by atoms with Gasteiger partial charge in [0.25, 0.3) is 0 Å². The first-order valence-electron chi connectivity index (χ1n) is 2.32. The minimum Gasteiger partial charge on any atom is -0.148 e. The summed E-state index contributed by atoms with van der Waals surface area (Å²) in [4.78, 5) is 1.04. The zero-order chi connectivity index (χ0) is 6.41. The highest BCUT2D eigenvalue weighted by molar-refractivity contribution is 8.01. The maximum Gasteiger partial charge on any atom is -0.0142 e. The van der Waals surface area contributed by atoms with E-state index in [1.165, 1.54) is 0 Å². The van der Waals surface area contributed by atoms with Crippen LogP contribution < -0.4 is 0 Å². The fourth-order valence-electron chi connectivity index (χ4n) is 0.257. The maximum absolute atomic E-state index is 4.07. The molecule has 0 bridgehead atoms. The number of thioether (sulfide) groups is 1. The van der Waals surface area contributed by atoms with E-state index in [1.807, 2.05) is 30.7 Å². The lowest BCUT2D eigenvalue weighted by Gasteiger charge is -1.79. The summed E-state index contributed by atoms with van der Waals surface area (Å²) in [7, 11) is 0. The van der Waals surface area contributed by atoms with Crippen molar-refractivity contribution in [1.82, 2.24) is 0 Å². The number of thiol groups is 1. The summed E-state index contributed by atoms with van der Waals surface area (Å²) in [5, 5.41) is 2.01. The Hall–Kier alpha value is 0.180. The van der Waals surface area contributed by atoms with Crippen molar-refractivity contribution < 1.29 is 0 Å². The predicted octanol–water partition coefficient (Wildman–Crippen LogP) is 2.70. The van der Waals surface area contributed by atoms with Crippen LogP contribution in [0.25, 0.3) is 0 Å². The van der Waals surface area contributed by atoms with E-state index in [1.54, 1.807) is 11.8 Å². The van der Waals surface area contributed by atoms with Crippen molar-refractivity contribution in [3.63, 3.8) is 0 Å². The van der Waals surface area contributed by atoms with Gasteiger partial charge in [-0.3, -0.25) is 0 Å². The van der Waals surface area contributed by atoms with Gasteiger partial charge in [-0.1, -0.05) is 12.2 Å². The molecule has 0 spiro atoms. The van der Waals surface area contributed by atoms with Crippen LogP contribution in [-0.2, 0) is 0 Å². The summed E-state index contributed by atoms with van der Waals surface area (Å²) in [6.45, 7) is 1.95. The lowest BCUT2D eigenvalue weighted by Crippen LogP contribution is -1.52. The molecule has 0 heterocycles. The predicted molar refractivity (Wildman–Crippen MR) is 45.4 cm³/mol. The van der Waals surface area contributed by atoms with E-state index in [9.17, 15) is 0 Å². The van der Waals surface area contributed by atoms with Gasteiger partial charge in [-0.05, 0) is 23.5 Å². The Morgan fingerprint density at radius 3 is 2.62 bits per heavy atom. The number of rotatable bonds is 2. The van der Waals surface area contributed by atoms with Crippen LogP contribution in [-0.4, -0.2) is 6.26 Å². The molecule has 0 saturated carbocycles. The molecule has 8 heavy (non-hydrogen) atoms. The molecule has 0 nitrogen and oxygen atoms in total. The molecule has 0 aromatic heterocycles. The van der Waals surface area contributed by atoms with Crippen molar-refractivity contribution >= 4 is 24.4 Å². The molecule has 0 aromatic rings.